The van der Waals surface area contributed by atoms with E-state index in [1.807, 2.05) is 12.1 Å². The van der Waals surface area contributed by atoms with Crippen LogP contribution in [-0.2, 0) is 23.8 Å². The minimum absolute atomic E-state index is 0.446. The molecule has 4 heteroatoms. The van der Waals surface area contributed by atoms with Crippen LogP contribution in [0.4, 0.5) is 0 Å². The molecule has 134 valence electrons. The molecule has 0 fully saturated rings. The normalized spacial score (nSPS) is 18.4. The summed E-state index contributed by atoms with van der Waals surface area (Å²) in [7, 11) is -3.84. The molecule has 0 saturated heterocycles. The summed E-state index contributed by atoms with van der Waals surface area (Å²) in [5.41, 5.74) is 5.21. The second kappa shape index (κ2) is 7.35. The molecule has 25 heavy (non-hydrogen) atoms. The molecule has 1 unspecified atom stereocenters. The van der Waals surface area contributed by atoms with E-state index in [9.17, 15) is 9.46 Å². The second-order valence-corrected chi connectivity index (χ2v) is 8.55. The molecule has 0 aromatic heterocycles. The van der Waals surface area contributed by atoms with Crippen molar-refractivity contribution in [2.24, 2.45) is 0 Å². The molecule has 1 aliphatic heterocycles. The summed E-state index contributed by atoms with van der Waals surface area (Å²) >= 11 is 0. The van der Waals surface area contributed by atoms with Gasteiger partial charge in [0.2, 0.25) is 0 Å². The predicted molar refractivity (Wildman–Crippen MR) is 104 cm³/mol. The fraction of sp³-hybridized carbons (Fsp3) is 0.429. The molecular formula is C21H27O3P. The van der Waals surface area contributed by atoms with Crippen molar-refractivity contribution in [1.29, 1.82) is 0 Å². The maximum atomic E-state index is 12.9. The molecule has 3 rings (SSSR count). The van der Waals surface area contributed by atoms with Crippen LogP contribution in [0.1, 0.15) is 56.7 Å². The van der Waals surface area contributed by atoms with Crippen molar-refractivity contribution < 1.29 is 14.0 Å². The Morgan fingerprint density at radius 1 is 0.880 bits per heavy atom. The van der Waals surface area contributed by atoms with Gasteiger partial charge in [0.15, 0.2) is 0 Å². The van der Waals surface area contributed by atoms with Crippen LogP contribution in [0.15, 0.2) is 30.3 Å². The van der Waals surface area contributed by atoms with Gasteiger partial charge in [-0.15, -0.1) is 0 Å². The monoisotopic (exact) mass is 358 g/mol. The molecule has 0 amide bonds. The van der Waals surface area contributed by atoms with E-state index in [1.54, 1.807) is 0 Å². The molecule has 1 N–H and O–H groups in total. The lowest BCUT2D eigenvalue weighted by Crippen LogP contribution is -2.19. The summed E-state index contributed by atoms with van der Waals surface area (Å²) in [6.45, 7) is 6.39. The zero-order valence-electron chi connectivity index (χ0n) is 15.3. The van der Waals surface area contributed by atoms with Gasteiger partial charge in [-0.05, 0) is 48.1 Å². The third-order valence-corrected chi connectivity index (χ3v) is 6.10. The fourth-order valence-electron chi connectivity index (χ4n) is 3.61. The summed E-state index contributed by atoms with van der Waals surface area (Å²) in [6.07, 6.45) is 5.81. The Morgan fingerprint density at radius 2 is 1.56 bits per heavy atom. The SMILES string of the molecule is CCCc1cc(CCC)c2c(c1)-c1ccc(CCC)cc1P(=O)(O)O2. The number of rotatable bonds is 6. The lowest BCUT2D eigenvalue weighted by Gasteiger charge is -2.28. The van der Waals surface area contributed by atoms with Crippen LogP contribution in [0.5, 0.6) is 5.75 Å². The number of hydrogen-bond acceptors (Lipinski definition) is 2. The van der Waals surface area contributed by atoms with E-state index in [4.69, 9.17) is 4.52 Å². The van der Waals surface area contributed by atoms with Gasteiger partial charge in [-0.25, -0.2) is 4.57 Å². The van der Waals surface area contributed by atoms with E-state index in [1.165, 1.54) is 5.56 Å². The Morgan fingerprint density at radius 3 is 2.24 bits per heavy atom. The maximum absolute atomic E-state index is 12.9. The van der Waals surface area contributed by atoms with Crippen LogP contribution >= 0.6 is 7.60 Å². The van der Waals surface area contributed by atoms with Crippen LogP contribution in [-0.4, -0.2) is 4.89 Å². The number of aryl methyl sites for hydroxylation is 3. The summed E-state index contributed by atoms with van der Waals surface area (Å²) in [5.74, 6) is 0.600. The zero-order valence-corrected chi connectivity index (χ0v) is 16.2. The maximum Gasteiger partial charge on any atom is 0.408 e. The minimum atomic E-state index is -3.84. The highest BCUT2D eigenvalue weighted by Crippen LogP contribution is 2.53. The molecule has 0 spiro atoms. The van der Waals surface area contributed by atoms with Gasteiger partial charge < -0.3 is 9.42 Å². The Labute approximate surface area is 150 Å². The van der Waals surface area contributed by atoms with Crippen molar-refractivity contribution >= 4 is 12.9 Å². The molecule has 1 aliphatic rings. The van der Waals surface area contributed by atoms with Crippen molar-refractivity contribution in [3.63, 3.8) is 0 Å². The first-order valence-corrected chi connectivity index (χ1v) is 10.9. The highest BCUT2D eigenvalue weighted by atomic mass is 31.2. The van der Waals surface area contributed by atoms with E-state index >= 15 is 0 Å². The highest BCUT2D eigenvalue weighted by Gasteiger charge is 2.36. The number of hydrogen-bond donors (Lipinski definition) is 1. The van der Waals surface area contributed by atoms with Crippen LogP contribution in [0.2, 0.25) is 0 Å². The van der Waals surface area contributed by atoms with Gasteiger partial charge in [0.05, 0.1) is 5.30 Å². The minimum Gasteiger partial charge on any atom is -0.420 e. The lowest BCUT2D eigenvalue weighted by atomic mass is 9.93. The predicted octanol–water partition coefficient (Wildman–Crippen LogP) is 5.41. The van der Waals surface area contributed by atoms with Gasteiger partial charge in [0, 0.05) is 11.1 Å². The van der Waals surface area contributed by atoms with E-state index in [0.29, 0.717) is 11.1 Å². The van der Waals surface area contributed by atoms with Gasteiger partial charge in [-0.3, -0.25) is 0 Å². The Kier molecular flexibility index (Phi) is 5.36. The molecule has 0 radical (unpaired) electrons. The van der Waals surface area contributed by atoms with E-state index in [2.05, 4.69) is 39.0 Å². The van der Waals surface area contributed by atoms with Gasteiger partial charge in [-0.2, -0.15) is 0 Å². The van der Waals surface area contributed by atoms with Crippen molar-refractivity contribution in [2.75, 3.05) is 0 Å². The highest BCUT2D eigenvalue weighted by molar-refractivity contribution is 7.62. The quantitative estimate of drug-likeness (QED) is 0.702. The summed E-state index contributed by atoms with van der Waals surface area (Å²) in [6, 6.07) is 10.2. The molecule has 0 saturated carbocycles. The first-order valence-electron chi connectivity index (χ1n) is 9.32. The molecule has 2 aromatic carbocycles. The third-order valence-electron chi connectivity index (χ3n) is 4.69. The Balaban J connectivity index is 2.22. The van der Waals surface area contributed by atoms with Gasteiger partial charge >= 0.3 is 7.60 Å². The first-order chi connectivity index (χ1) is 12.0. The van der Waals surface area contributed by atoms with Gasteiger partial charge in [0.1, 0.15) is 5.75 Å². The summed E-state index contributed by atoms with van der Waals surface area (Å²) in [4.78, 5) is 10.6. The number of fused-ring (bicyclic) bond motifs is 3. The van der Waals surface area contributed by atoms with Crippen LogP contribution < -0.4 is 9.83 Å². The smallest absolute Gasteiger partial charge is 0.408 e. The third kappa shape index (κ3) is 3.54. The van der Waals surface area contributed by atoms with Crippen LogP contribution in [0.3, 0.4) is 0 Å². The Hall–Kier alpha value is -1.57. The summed E-state index contributed by atoms with van der Waals surface area (Å²) in [5, 5.41) is 0.446. The molecule has 0 bridgehead atoms. The van der Waals surface area contributed by atoms with Gasteiger partial charge in [-0.1, -0.05) is 58.2 Å². The van der Waals surface area contributed by atoms with E-state index in [-0.39, 0.29) is 0 Å². The van der Waals surface area contributed by atoms with Gasteiger partial charge in [0.25, 0.3) is 0 Å². The average molecular weight is 358 g/mol. The van der Waals surface area contributed by atoms with E-state index in [0.717, 1.165) is 60.8 Å². The lowest BCUT2D eigenvalue weighted by molar-refractivity contribution is 0.390. The van der Waals surface area contributed by atoms with Crippen molar-refractivity contribution in [1.82, 2.24) is 0 Å². The largest absolute Gasteiger partial charge is 0.420 e. The fourth-order valence-corrected chi connectivity index (χ4v) is 5.00. The first kappa shape index (κ1) is 18.2. The summed E-state index contributed by atoms with van der Waals surface area (Å²) < 4.78 is 18.6. The van der Waals surface area contributed by atoms with Crippen LogP contribution in [0, 0.1) is 0 Å². The molecule has 1 atom stereocenters. The zero-order chi connectivity index (χ0) is 18.0. The molecule has 2 aromatic rings. The number of benzene rings is 2. The molecule has 0 aliphatic carbocycles. The average Bonchev–Trinajstić information content (AvgIpc) is 2.57. The molecular weight excluding hydrogens is 331 g/mol. The second-order valence-electron chi connectivity index (χ2n) is 6.84. The topological polar surface area (TPSA) is 46.5 Å². The molecule has 1 heterocycles. The Bertz CT molecular complexity index is 826. The van der Waals surface area contributed by atoms with E-state index < -0.39 is 7.60 Å². The van der Waals surface area contributed by atoms with Crippen molar-refractivity contribution in [3.8, 4) is 16.9 Å². The van der Waals surface area contributed by atoms with Crippen LogP contribution in [0.25, 0.3) is 11.1 Å². The standard InChI is InChI=1S/C21H27O3P/c1-4-7-15-10-11-18-19-13-16(8-5-2)12-17(9-6-3)21(19)24-25(22,23)20(18)14-15/h10-14H,4-9H2,1-3H3,(H,22,23). The van der Waals surface area contributed by atoms with Crippen molar-refractivity contribution in [3.05, 3.63) is 47.0 Å². The molecule has 3 nitrogen and oxygen atoms in total. The van der Waals surface area contributed by atoms with Crippen molar-refractivity contribution in [2.45, 2.75) is 59.3 Å².